The number of ether oxygens (including phenoxy) is 3. The number of carbonyl (C=O) groups excluding carboxylic acids is 1. The molecule has 0 aliphatic carbocycles. The van der Waals surface area contributed by atoms with Crippen LogP contribution in [-0.4, -0.2) is 95.7 Å². The summed E-state index contributed by atoms with van der Waals surface area (Å²) in [5, 5.41) is 19.2. The molecule has 22 nitrogen and oxygen atoms in total. The number of pyridine rings is 2. The van der Waals surface area contributed by atoms with Crippen molar-refractivity contribution < 1.29 is 62.2 Å². The highest BCUT2D eigenvalue weighted by Crippen LogP contribution is 2.38. The molecule has 5 aromatic heterocycles. The number of alkyl halides is 6. The highest BCUT2D eigenvalue weighted by molar-refractivity contribution is 9.10. The SMILES string of the molecule is COC(OC)OC.NNC(=O)c1ncc(Br)cc1NS(=O)(=O)c1ccc(Cl)c(C(F)(F)F)c1.Nc1ccn[nH]1.O=S(=O)(Nc1cc(Br)cnc1-c1nncn1-c1ccn[nH]1)c1ccc(Cl)c(C(F)(F)F)c1. The fraction of sp³-hybridized carbons (Fsp3) is 0.162. The van der Waals surface area contributed by atoms with Gasteiger partial charge in [0.15, 0.2) is 11.5 Å². The van der Waals surface area contributed by atoms with Crippen molar-refractivity contribution in [2.75, 3.05) is 36.5 Å². The van der Waals surface area contributed by atoms with Gasteiger partial charge >= 0.3 is 12.4 Å². The Morgan fingerprint density at radius 3 is 1.66 bits per heavy atom. The molecule has 0 unspecified atom stereocenters. The van der Waals surface area contributed by atoms with Gasteiger partial charge in [0.1, 0.15) is 23.7 Å². The van der Waals surface area contributed by atoms with E-state index in [0.717, 1.165) is 24.3 Å². The summed E-state index contributed by atoms with van der Waals surface area (Å²) in [6, 6.07) is 10.3. The fourth-order valence-electron chi connectivity index (χ4n) is 5.16. The molecule has 0 spiro atoms. The van der Waals surface area contributed by atoms with Gasteiger partial charge in [-0.05, 0) is 86.5 Å². The zero-order chi connectivity index (χ0) is 52.9. The molecular weight excluding hydrogens is 1180 g/mol. The third-order valence-electron chi connectivity index (χ3n) is 8.26. The number of aromatic amines is 2. The number of carbonyl (C=O) groups is 1. The average Bonchev–Trinajstić information content (AvgIpc) is 4.11. The number of nitrogens with zero attached hydrogens (tertiary/aromatic N) is 7. The standard InChI is InChI=1S/C17H10BrClF3N7O2S.C13H9BrClF3N4O3S.C4H10O3.C3H5N3/c18-9-5-13(15(23-7-9)16-27-25-8-29(16)14-3-4-24-26-14)28-32(30,31)10-1-2-12(19)11(6-10)17(20,21)22;14-6-3-10(11(20-5-6)12(23)21-19)22-26(24,25)7-1-2-9(15)8(4-7)13(16,17)18;1-5-4(6-2)7-3;4-3-1-2-5-6-3/h1-8,28H,(H,24,26);1-5,22H,19H2,(H,21,23);4H,1-3H3;1-2H,(H3,4,5,6). The van der Waals surface area contributed by atoms with E-state index >= 15 is 0 Å². The van der Waals surface area contributed by atoms with E-state index in [1.807, 2.05) is 4.72 Å². The van der Waals surface area contributed by atoms with E-state index in [0.29, 0.717) is 32.7 Å². The molecule has 0 fully saturated rings. The first kappa shape index (κ1) is 57.6. The van der Waals surface area contributed by atoms with E-state index in [4.69, 9.17) is 34.8 Å². The quantitative estimate of drug-likeness (QED) is 0.0206. The smallest absolute Gasteiger partial charge is 0.384 e. The van der Waals surface area contributed by atoms with Crippen LogP contribution in [0.15, 0.2) is 111 Å². The molecule has 0 bridgehead atoms. The van der Waals surface area contributed by atoms with Crippen LogP contribution >= 0.6 is 55.1 Å². The van der Waals surface area contributed by atoms with Crippen molar-refractivity contribution in [3.63, 3.8) is 0 Å². The van der Waals surface area contributed by atoms with Crippen LogP contribution in [0.25, 0.3) is 17.3 Å². The number of nitrogen functional groups attached to an aromatic ring is 2. The molecule has 7 aromatic rings. The maximum absolute atomic E-state index is 13.2. The Hall–Kier alpha value is -5.97. The predicted octanol–water partition coefficient (Wildman–Crippen LogP) is 7.41. The van der Waals surface area contributed by atoms with Gasteiger partial charge < -0.3 is 19.9 Å². The summed E-state index contributed by atoms with van der Waals surface area (Å²) in [4.78, 5) is 18.3. The molecular formula is C37H34Br2Cl2F6N14O8S2. The Labute approximate surface area is 424 Å². The molecule has 382 valence electrons. The first-order chi connectivity index (χ1) is 33.3. The van der Waals surface area contributed by atoms with Crippen LogP contribution in [0.1, 0.15) is 21.6 Å². The lowest BCUT2D eigenvalue weighted by atomic mass is 10.2. The Morgan fingerprint density at radius 2 is 1.24 bits per heavy atom. The highest BCUT2D eigenvalue weighted by Gasteiger charge is 2.36. The summed E-state index contributed by atoms with van der Waals surface area (Å²) in [6.45, 7) is -0.514. The summed E-state index contributed by atoms with van der Waals surface area (Å²) in [7, 11) is -4.41. The van der Waals surface area contributed by atoms with E-state index in [1.165, 1.54) is 62.9 Å². The largest absolute Gasteiger partial charge is 0.417 e. The zero-order valence-corrected chi connectivity index (χ0v) is 42.2. The Balaban J connectivity index is 0.000000249. The van der Waals surface area contributed by atoms with E-state index in [2.05, 4.69) is 91.4 Å². The van der Waals surface area contributed by atoms with Gasteiger partial charge in [-0.25, -0.2) is 32.6 Å². The Morgan fingerprint density at radius 1 is 0.746 bits per heavy atom. The van der Waals surface area contributed by atoms with Gasteiger partial charge in [-0.15, -0.1) is 10.2 Å². The summed E-state index contributed by atoms with van der Waals surface area (Å²) in [6.07, 6.45) is -2.59. The van der Waals surface area contributed by atoms with E-state index in [-0.39, 0.29) is 28.6 Å². The van der Waals surface area contributed by atoms with Crippen LogP contribution in [0.3, 0.4) is 0 Å². The van der Waals surface area contributed by atoms with Crippen molar-refractivity contribution >= 4 is 98.2 Å². The van der Waals surface area contributed by atoms with Gasteiger partial charge in [-0.2, -0.15) is 36.5 Å². The minimum atomic E-state index is -4.84. The molecule has 0 aliphatic rings. The number of methoxy groups -OCH3 is 3. The summed E-state index contributed by atoms with van der Waals surface area (Å²) in [5.41, 5.74) is 3.74. The molecule has 0 aliphatic heterocycles. The molecule has 71 heavy (non-hydrogen) atoms. The molecule has 1 amide bonds. The van der Waals surface area contributed by atoms with Crippen LogP contribution in [0, 0.1) is 0 Å². The number of halogens is 10. The van der Waals surface area contributed by atoms with Crippen LogP contribution in [0.5, 0.6) is 0 Å². The van der Waals surface area contributed by atoms with Gasteiger partial charge in [0.2, 0.25) is 0 Å². The molecule has 0 radical (unpaired) electrons. The second-order valence-corrected chi connectivity index (χ2v) is 19.0. The normalized spacial score (nSPS) is 11.6. The lowest BCUT2D eigenvalue weighted by Crippen LogP contribution is -2.31. The lowest BCUT2D eigenvalue weighted by molar-refractivity contribution is -0.252. The second kappa shape index (κ2) is 24.9. The van der Waals surface area contributed by atoms with Crippen molar-refractivity contribution in [2.24, 2.45) is 5.84 Å². The number of amides is 1. The van der Waals surface area contributed by atoms with Crippen molar-refractivity contribution in [3.8, 4) is 17.3 Å². The Bertz CT molecular complexity index is 3120. The van der Waals surface area contributed by atoms with Crippen molar-refractivity contribution in [1.82, 2.24) is 50.6 Å². The van der Waals surface area contributed by atoms with Crippen molar-refractivity contribution in [2.45, 2.75) is 28.6 Å². The number of H-pyrrole nitrogens is 2. The maximum Gasteiger partial charge on any atom is 0.417 e. The molecule has 0 saturated carbocycles. The molecule has 34 heteroatoms. The van der Waals surface area contributed by atoms with Crippen LogP contribution in [0.4, 0.5) is 43.5 Å². The van der Waals surface area contributed by atoms with Crippen molar-refractivity contribution in [3.05, 3.63) is 128 Å². The number of benzene rings is 2. The molecule has 9 N–H and O–H groups in total. The number of nitrogens with one attached hydrogen (secondary N) is 5. The topological polar surface area (TPSA) is 315 Å². The fourth-order valence-corrected chi connectivity index (χ4v) is 8.44. The van der Waals surface area contributed by atoms with Crippen LogP contribution in [-0.2, 0) is 46.6 Å². The molecule has 2 aromatic carbocycles. The van der Waals surface area contributed by atoms with Gasteiger partial charge in [-0.1, -0.05) is 23.2 Å². The number of nitrogens with two attached hydrogens (primary N) is 2. The number of anilines is 3. The third-order valence-corrected chi connectivity index (χ3v) is 12.5. The van der Waals surface area contributed by atoms with Gasteiger partial charge in [0.05, 0.1) is 54.7 Å². The summed E-state index contributed by atoms with van der Waals surface area (Å²) >= 11 is 17.3. The molecule has 7 rings (SSSR count). The number of hydrogen-bond donors (Lipinski definition) is 7. The lowest BCUT2D eigenvalue weighted by Gasteiger charge is -2.14. The van der Waals surface area contributed by atoms with Gasteiger partial charge in [0.25, 0.3) is 32.4 Å². The molecule has 0 atom stereocenters. The predicted molar refractivity (Wildman–Crippen MR) is 250 cm³/mol. The van der Waals surface area contributed by atoms with E-state index in [9.17, 15) is 48.0 Å². The zero-order valence-electron chi connectivity index (χ0n) is 35.9. The first-order valence-electron chi connectivity index (χ1n) is 18.6. The first-order valence-corrected chi connectivity index (χ1v) is 23.9. The van der Waals surface area contributed by atoms with E-state index < -0.39 is 75.7 Å². The minimum absolute atomic E-state index is 0.0448. The highest BCUT2D eigenvalue weighted by atomic mass is 79.9. The summed E-state index contributed by atoms with van der Waals surface area (Å²) < 4.78 is 149. The Kier molecular flexibility index (Phi) is 20.2. The summed E-state index contributed by atoms with van der Waals surface area (Å²) in [5.74, 6) is 5.35. The van der Waals surface area contributed by atoms with Crippen molar-refractivity contribution in [1.29, 1.82) is 0 Å². The van der Waals surface area contributed by atoms with Gasteiger partial charge in [0, 0.05) is 48.7 Å². The van der Waals surface area contributed by atoms with Crippen LogP contribution in [0.2, 0.25) is 10.0 Å². The second-order valence-electron chi connectivity index (χ2n) is 13.0. The number of rotatable bonds is 12. The monoisotopic (exact) mass is 1210 g/mol. The number of hydrazine groups is 1. The average molecular weight is 1210 g/mol. The minimum Gasteiger partial charge on any atom is -0.384 e. The van der Waals surface area contributed by atoms with Gasteiger partial charge in [-0.3, -0.25) is 34.4 Å². The molecule has 5 heterocycles. The number of aromatic nitrogens is 9. The third kappa shape index (κ3) is 16.0. The molecule has 0 saturated heterocycles. The van der Waals surface area contributed by atoms with E-state index in [1.54, 1.807) is 23.8 Å². The number of sulfonamides is 2. The maximum atomic E-state index is 13.2. The van der Waals surface area contributed by atoms with Crippen LogP contribution < -0.4 is 26.4 Å². The number of hydrogen-bond acceptors (Lipinski definition) is 16.